The first-order chi connectivity index (χ1) is 16.1. The Labute approximate surface area is 198 Å². The Hall–Kier alpha value is -4.18. The molecule has 0 aliphatic heterocycles. The van der Waals surface area contributed by atoms with Gasteiger partial charge in [-0.3, -0.25) is 0 Å². The van der Waals surface area contributed by atoms with Crippen LogP contribution in [0.5, 0.6) is 11.5 Å². The van der Waals surface area contributed by atoms with E-state index in [-0.39, 0.29) is 11.7 Å². The molecule has 0 saturated carbocycles. The van der Waals surface area contributed by atoms with Crippen LogP contribution in [0.3, 0.4) is 0 Å². The summed E-state index contributed by atoms with van der Waals surface area (Å²) in [5.74, 6) is 1.17. The number of hydrogen-bond donors (Lipinski definition) is 4. The van der Waals surface area contributed by atoms with Crippen LogP contribution >= 0.6 is 15.9 Å². The Kier molecular flexibility index (Phi) is 6.96. The smallest absolute Gasteiger partial charge is 0.250 e. The van der Waals surface area contributed by atoms with E-state index in [4.69, 9.17) is 4.74 Å². The summed E-state index contributed by atoms with van der Waals surface area (Å²) in [6, 6.07) is 22.5. The minimum atomic E-state index is -0.0280. The monoisotopic (exact) mass is 505 g/mol. The second-order valence-electron chi connectivity index (χ2n) is 6.70. The highest BCUT2D eigenvalue weighted by Crippen LogP contribution is 2.32. The molecule has 0 spiro atoms. The fourth-order valence-corrected chi connectivity index (χ4v) is 3.30. The standard InChI is InChI=1S/C23H20BrN7O2/c1-33-19-13-16(24)12-15(20(19)32)14-25-31-23-29-21(26-17-8-4-2-5-9-17)28-22(30-23)27-18-10-6-3-7-11-18/h2-14,32H,1H3,(H3,26,27,28,29,30,31)/b25-14+. The molecular formula is C23H20BrN7O2. The van der Waals surface area contributed by atoms with Crippen molar-refractivity contribution in [3.63, 3.8) is 0 Å². The van der Waals surface area contributed by atoms with Gasteiger partial charge in [-0.1, -0.05) is 52.3 Å². The van der Waals surface area contributed by atoms with E-state index < -0.39 is 0 Å². The predicted molar refractivity (Wildman–Crippen MR) is 133 cm³/mol. The number of phenols is 1. The number of hydrazone groups is 1. The van der Waals surface area contributed by atoms with Crippen LogP contribution in [-0.4, -0.2) is 33.4 Å². The lowest BCUT2D eigenvalue weighted by atomic mass is 10.2. The third kappa shape index (κ3) is 5.95. The highest BCUT2D eigenvalue weighted by atomic mass is 79.9. The zero-order valence-electron chi connectivity index (χ0n) is 17.5. The van der Waals surface area contributed by atoms with Gasteiger partial charge in [0, 0.05) is 21.4 Å². The molecule has 9 nitrogen and oxygen atoms in total. The summed E-state index contributed by atoms with van der Waals surface area (Å²) in [5, 5.41) is 20.8. The van der Waals surface area contributed by atoms with Crippen LogP contribution in [0.25, 0.3) is 0 Å². The summed E-state index contributed by atoms with van der Waals surface area (Å²) >= 11 is 3.38. The molecule has 0 aliphatic carbocycles. The number of aromatic hydroxyl groups is 1. The summed E-state index contributed by atoms with van der Waals surface area (Å²) in [6.07, 6.45) is 1.45. The molecule has 0 fully saturated rings. The van der Waals surface area contributed by atoms with Gasteiger partial charge in [-0.05, 0) is 36.4 Å². The van der Waals surface area contributed by atoms with Crippen molar-refractivity contribution in [1.82, 2.24) is 15.0 Å². The van der Waals surface area contributed by atoms with Gasteiger partial charge in [-0.25, -0.2) is 5.43 Å². The summed E-state index contributed by atoms with van der Waals surface area (Å²) < 4.78 is 5.90. The van der Waals surface area contributed by atoms with Gasteiger partial charge in [0.15, 0.2) is 11.5 Å². The number of hydrogen-bond acceptors (Lipinski definition) is 9. The van der Waals surface area contributed by atoms with Crippen LogP contribution in [0.2, 0.25) is 0 Å². The summed E-state index contributed by atoms with van der Waals surface area (Å²) in [7, 11) is 1.48. The number of nitrogens with zero attached hydrogens (tertiary/aromatic N) is 4. The molecular weight excluding hydrogens is 486 g/mol. The molecule has 0 radical (unpaired) electrons. The number of nitrogens with one attached hydrogen (secondary N) is 3. The summed E-state index contributed by atoms with van der Waals surface area (Å²) in [5.41, 5.74) is 4.90. The van der Waals surface area contributed by atoms with Gasteiger partial charge in [-0.2, -0.15) is 20.1 Å². The van der Waals surface area contributed by atoms with Crippen LogP contribution in [-0.2, 0) is 0 Å². The molecule has 4 rings (SSSR count). The third-order valence-electron chi connectivity index (χ3n) is 4.35. The Balaban J connectivity index is 1.59. The van der Waals surface area contributed by atoms with E-state index in [1.165, 1.54) is 13.3 Å². The molecule has 1 heterocycles. The van der Waals surface area contributed by atoms with Gasteiger partial charge in [0.1, 0.15) is 0 Å². The highest BCUT2D eigenvalue weighted by molar-refractivity contribution is 9.10. The molecule has 33 heavy (non-hydrogen) atoms. The summed E-state index contributed by atoms with van der Waals surface area (Å²) in [6.45, 7) is 0. The van der Waals surface area contributed by atoms with Gasteiger partial charge >= 0.3 is 0 Å². The second kappa shape index (κ2) is 10.4. The molecule has 0 atom stereocenters. The van der Waals surface area contributed by atoms with Crippen molar-refractivity contribution < 1.29 is 9.84 Å². The largest absolute Gasteiger partial charge is 0.504 e. The lowest BCUT2D eigenvalue weighted by Gasteiger charge is -2.10. The number of para-hydroxylation sites is 2. The number of methoxy groups -OCH3 is 1. The van der Waals surface area contributed by atoms with E-state index in [9.17, 15) is 5.11 Å². The number of phenolic OH excluding ortho intramolecular Hbond substituents is 1. The first-order valence-corrected chi connectivity index (χ1v) is 10.7. The van der Waals surface area contributed by atoms with Crippen LogP contribution in [0.4, 0.5) is 29.2 Å². The van der Waals surface area contributed by atoms with Crippen molar-refractivity contribution in [3.8, 4) is 11.5 Å². The maximum Gasteiger partial charge on any atom is 0.250 e. The fraction of sp³-hybridized carbons (Fsp3) is 0.0435. The van der Waals surface area contributed by atoms with Gasteiger partial charge in [0.25, 0.3) is 0 Å². The Morgan fingerprint density at radius 3 is 1.94 bits per heavy atom. The van der Waals surface area contributed by atoms with Crippen LogP contribution in [0.1, 0.15) is 5.56 Å². The van der Waals surface area contributed by atoms with Gasteiger partial charge in [0.2, 0.25) is 17.8 Å². The zero-order valence-corrected chi connectivity index (χ0v) is 19.1. The van der Waals surface area contributed by atoms with E-state index in [1.54, 1.807) is 12.1 Å². The normalized spacial score (nSPS) is 10.7. The van der Waals surface area contributed by atoms with Gasteiger partial charge in [0.05, 0.1) is 13.3 Å². The molecule has 4 N–H and O–H groups in total. The number of rotatable bonds is 8. The zero-order chi connectivity index (χ0) is 23.0. The second-order valence-corrected chi connectivity index (χ2v) is 7.62. The van der Waals surface area contributed by atoms with E-state index in [0.29, 0.717) is 23.2 Å². The van der Waals surface area contributed by atoms with E-state index >= 15 is 0 Å². The average Bonchev–Trinajstić information content (AvgIpc) is 2.82. The lowest BCUT2D eigenvalue weighted by molar-refractivity contribution is 0.373. The minimum Gasteiger partial charge on any atom is -0.504 e. The van der Waals surface area contributed by atoms with E-state index in [2.05, 4.69) is 52.0 Å². The van der Waals surface area contributed by atoms with Crippen molar-refractivity contribution in [2.75, 3.05) is 23.2 Å². The maximum absolute atomic E-state index is 10.3. The quantitative estimate of drug-likeness (QED) is 0.188. The van der Waals surface area contributed by atoms with Gasteiger partial charge < -0.3 is 20.5 Å². The maximum atomic E-state index is 10.3. The molecule has 1 aromatic heterocycles. The van der Waals surface area contributed by atoms with Crippen LogP contribution < -0.4 is 20.8 Å². The number of anilines is 5. The molecule has 0 unspecified atom stereocenters. The topological polar surface area (TPSA) is 117 Å². The molecule has 3 aromatic carbocycles. The average molecular weight is 506 g/mol. The van der Waals surface area contributed by atoms with Crippen molar-refractivity contribution in [2.45, 2.75) is 0 Å². The third-order valence-corrected chi connectivity index (χ3v) is 4.81. The minimum absolute atomic E-state index is 0.0280. The Morgan fingerprint density at radius 2 is 1.39 bits per heavy atom. The van der Waals surface area contributed by atoms with Crippen LogP contribution in [0, 0.1) is 0 Å². The summed E-state index contributed by atoms with van der Waals surface area (Å²) in [4.78, 5) is 13.2. The number of aromatic nitrogens is 3. The Bertz CT molecular complexity index is 1190. The van der Waals surface area contributed by atoms with Crippen molar-refractivity contribution in [3.05, 3.63) is 82.8 Å². The molecule has 4 aromatic rings. The molecule has 0 amide bonds. The number of halogens is 1. The first-order valence-electron chi connectivity index (χ1n) is 9.86. The first kappa shape index (κ1) is 22.0. The van der Waals surface area contributed by atoms with Crippen molar-refractivity contribution in [2.24, 2.45) is 5.10 Å². The number of ether oxygens (including phenoxy) is 1. The molecule has 0 bridgehead atoms. The molecule has 166 valence electrons. The predicted octanol–water partition coefficient (Wildman–Crippen LogP) is 5.28. The molecule has 10 heteroatoms. The fourth-order valence-electron chi connectivity index (χ4n) is 2.85. The molecule has 0 saturated heterocycles. The highest BCUT2D eigenvalue weighted by Gasteiger charge is 2.10. The Morgan fingerprint density at radius 1 is 0.848 bits per heavy atom. The molecule has 0 aliphatic rings. The van der Waals surface area contributed by atoms with E-state index in [1.807, 2.05) is 60.7 Å². The van der Waals surface area contributed by atoms with Gasteiger partial charge in [-0.15, -0.1) is 0 Å². The number of benzene rings is 3. The van der Waals surface area contributed by atoms with Crippen molar-refractivity contribution in [1.29, 1.82) is 0 Å². The van der Waals surface area contributed by atoms with Crippen LogP contribution in [0.15, 0.2) is 82.4 Å². The van der Waals surface area contributed by atoms with Crippen molar-refractivity contribution >= 4 is 51.4 Å². The lowest BCUT2D eigenvalue weighted by Crippen LogP contribution is -2.07. The SMILES string of the molecule is COc1cc(Br)cc(/C=N/Nc2nc(Nc3ccccc3)nc(Nc3ccccc3)n2)c1O. The van der Waals surface area contributed by atoms with E-state index in [0.717, 1.165) is 15.8 Å².